The third-order valence-corrected chi connectivity index (χ3v) is 1.67. The largest absolute Gasteiger partial charge is 0.392 e. The van der Waals surface area contributed by atoms with Crippen LogP contribution in [-0.4, -0.2) is 24.9 Å². The lowest BCUT2D eigenvalue weighted by molar-refractivity contribution is 0.198. The molecule has 0 spiro atoms. The number of hydrogen-bond acceptors (Lipinski definition) is 2. The van der Waals surface area contributed by atoms with E-state index in [2.05, 4.69) is 11.8 Å². The van der Waals surface area contributed by atoms with Crippen LogP contribution in [-0.2, 0) is 4.74 Å². The van der Waals surface area contributed by atoms with E-state index in [1.807, 2.05) is 30.3 Å². The van der Waals surface area contributed by atoms with Gasteiger partial charge in [-0.2, -0.15) is 0 Å². The highest BCUT2D eigenvalue weighted by atomic mass is 16.5. The van der Waals surface area contributed by atoms with Gasteiger partial charge in [0.2, 0.25) is 0 Å². The lowest BCUT2D eigenvalue weighted by atomic mass is 10.2. The second kappa shape index (κ2) is 7.81. The molecule has 0 aliphatic rings. The zero-order chi connectivity index (χ0) is 10.8. The summed E-state index contributed by atoms with van der Waals surface area (Å²) in [6.45, 7) is 0.952. The Hall–Kier alpha value is -1.56. The molecule has 1 rings (SSSR count). The van der Waals surface area contributed by atoms with Crippen LogP contribution in [0.2, 0.25) is 0 Å². The van der Waals surface area contributed by atoms with Crippen molar-refractivity contribution in [2.75, 3.05) is 19.8 Å². The molecule has 0 fully saturated rings. The fourth-order valence-electron chi connectivity index (χ4n) is 0.980. The predicted octanol–water partition coefficient (Wildman–Crippen LogP) is 1.60. The minimum absolute atomic E-state index is 0.0546. The first-order valence-corrected chi connectivity index (χ1v) is 4.81. The van der Waals surface area contributed by atoms with E-state index < -0.39 is 0 Å². The molecule has 1 aromatic rings. The van der Waals surface area contributed by atoms with Crippen molar-refractivity contribution in [3.8, 4) is 11.8 Å². The third-order valence-electron chi connectivity index (χ3n) is 1.67. The van der Waals surface area contributed by atoms with E-state index >= 15 is 0 Å². The van der Waals surface area contributed by atoms with Crippen LogP contribution in [0.1, 0.15) is 5.56 Å². The minimum Gasteiger partial charge on any atom is -0.392 e. The van der Waals surface area contributed by atoms with Crippen molar-refractivity contribution in [1.82, 2.24) is 0 Å². The van der Waals surface area contributed by atoms with E-state index in [0.717, 1.165) is 5.56 Å². The fourth-order valence-corrected chi connectivity index (χ4v) is 0.980. The monoisotopic (exact) mass is 202 g/mol. The molecule has 0 aliphatic carbocycles. The highest BCUT2D eigenvalue weighted by Crippen LogP contribution is 1.94. The van der Waals surface area contributed by atoms with E-state index in [1.54, 1.807) is 12.2 Å². The Labute approximate surface area is 90.2 Å². The molecule has 0 amide bonds. The van der Waals surface area contributed by atoms with Crippen molar-refractivity contribution in [3.63, 3.8) is 0 Å². The second-order valence-corrected chi connectivity index (χ2v) is 2.84. The van der Waals surface area contributed by atoms with E-state index in [1.165, 1.54) is 0 Å². The Kier molecular flexibility index (Phi) is 5.99. The average molecular weight is 202 g/mol. The maximum atomic E-state index is 8.45. The lowest BCUT2D eigenvalue weighted by Gasteiger charge is -1.92. The summed E-state index contributed by atoms with van der Waals surface area (Å²) in [5, 5.41) is 8.45. The summed E-state index contributed by atoms with van der Waals surface area (Å²) in [4.78, 5) is 0. The topological polar surface area (TPSA) is 29.5 Å². The van der Waals surface area contributed by atoms with Gasteiger partial charge in [0.1, 0.15) is 6.61 Å². The molecule has 0 aromatic heterocycles. The molecular weight excluding hydrogens is 188 g/mol. The SMILES string of the molecule is OC/C=C/COCC#Cc1ccccc1. The number of hydrogen-bond donors (Lipinski definition) is 1. The van der Waals surface area contributed by atoms with Crippen LogP contribution in [0.15, 0.2) is 42.5 Å². The van der Waals surface area contributed by atoms with Crippen molar-refractivity contribution < 1.29 is 9.84 Å². The van der Waals surface area contributed by atoms with Gasteiger partial charge in [0, 0.05) is 5.56 Å². The summed E-state index contributed by atoms with van der Waals surface area (Å²) in [5.74, 6) is 5.90. The molecule has 2 heteroatoms. The molecule has 0 saturated carbocycles. The fraction of sp³-hybridized carbons (Fsp3) is 0.231. The molecule has 0 atom stereocenters. The van der Waals surface area contributed by atoms with E-state index in [9.17, 15) is 0 Å². The van der Waals surface area contributed by atoms with Gasteiger partial charge in [-0.3, -0.25) is 0 Å². The van der Waals surface area contributed by atoms with Crippen LogP contribution in [0.4, 0.5) is 0 Å². The summed E-state index contributed by atoms with van der Waals surface area (Å²) in [6, 6.07) is 9.78. The number of aliphatic hydroxyl groups is 1. The lowest BCUT2D eigenvalue weighted by Crippen LogP contribution is -1.91. The van der Waals surface area contributed by atoms with Gasteiger partial charge >= 0.3 is 0 Å². The van der Waals surface area contributed by atoms with E-state index in [0.29, 0.717) is 13.2 Å². The smallest absolute Gasteiger partial charge is 0.108 e. The normalized spacial score (nSPS) is 9.93. The van der Waals surface area contributed by atoms with Gasteiger partial charge < -0.3 is 9.84 Å². The first kappa shape index (κ1) is 11.5. The number of rotatable bonds is 4. The van der Waals surface area contributed by atoms with Crippen molar-refractivity contribution in [3.05, 3.63) is 48.0 Å². The summed E-state index contributed by atoms with van der Waals surface area (Å²) in [5.41, 5.74) is 0.993. The molecule has 2 nitrogen and oxygen atoms in total. The van der Waals surface area contributed by atoms with Gasteiger partial charge in [-0.1, -0.05) is 42.2 Å². The maximum Gasteiger partial charge on any atom is 0.108 e. The van der Waals surface area contributed by atoms with E-state index in [4.69, 9.17) is 9.84 Å². The Morgan fingerprint density at radius 2 is 2.00 bits per heavy atom. The summed E-state index contributed by atoms with van der Waals surface area (Å²) < 4.78 is 5.19. The van der Waals surface area contributed by atoms with Crippen molar-refractivity contribution in [1.29, 1.82) is 0 Å². The van der Waals surface area contributed by atoms with Gasteiger partial charge in [0.05, 0.1) is 13.2 Å². The molecule has 1 aromatic carbocycles. The molecule has 0 saturated heterocycles. The third kappa shape index (κ3) is 5.69. The Bertz CT molecular complexity index is 344. The van der Waals surface area contributed by atoms with Crippen LogP contribution in [0.5, 0.6) is 0 Å². The van der Waals surface area contributed by atoms with Gasteiger partial charge in [-0.05, 0) is 12.1 Å². The molecular formula is C13H14O2. The zero-order valence-corrected chi connectivity index (χ0v) is 8.52. The predicted molar refractivity (Wildman–Crippen MR) is 60.4 cm³/mol. The van der Waals surface area contributed by atoms with Crippen LogP contribution < -0.4 is 0 Å². The van der Waals surface area contributed by atoms with Gasteiger partial charge in [-0.15, -0.1) is 0 Å². The molecule has 0 heterocycles. The molecule has 15 heavy (non-hydrogen) atoms. The first-order valence-electron chi connectivity index (χ1n) is 4.81. The van der Waals surface area contributed by atoms with Crippen LogP contribution in [0.3, 0.4) is 0 Å². The van der Waals surface area contributed by atoms with Crippen molar-refractivity contribution in [2.45, 2.75) is 0 Å². The molecule has 0 radical (unpaired) electrons. The molecule has 0 aliphatic heterocycles. The molecule has 1 N–H and O–H groups in total. The highest BCUT2D eigenvalue weighted by Gasteiger charge is 1.81. The Morgan fingerprint density at radius 1 is 1.20 bits per heavy atom. The van der Waals surface area contributed by atoms with Crippen molar-refractivity contribution in [2.24, 2.45) is 0 Å². The van der Waals surface area contributed by atoms with Crippen LogP contribution in [0.25, 0.3) is 0 Å². The standard InChI is InChI=1S/C13H14O2/c14-10-4-5-11-15-12-6-9-13-7-2-1-3-8-13/h1-5,7-8,14H,10-12H2/b5-4+. The van der Waals surface area contributed by atoms with Crippen molar-refractivity contribution >= 4 is 0 Å². The Balaban J connectivity index is 2.20. The van der Waals surface area contributed by atoms with Crippen LogP contribution >= 0.6 is 0 Å². The van der Waals surface area contributed by atoms with E-state index in [-0.39, 0.29) is 6.61 Å². The molecule has 0 bridgehead atoms. The zero-order valence-electron chi connectivity index (χ0n) is 8.52. The Morgan fingerprint density at radius 3 is 2.73 bits per heavy atom. The number of ether oxygens (including phenoxy) is 1. The number of benzene rings is 1. The summed E-state index contributed by atoms with van der Waals surface area (Å²) in [6.07, 6.45) is 3.41. The summed E-state index contributed by atoms with van der Waals surface area (Å²) >= 11 is 0. The first-order chi connectivity index (χ1) is 7.43. The van der Waals surface area contributed by atoms with Gasteiger partial charge in [0.15, 0.2) is 0 Å². The second-order valence-electron chi connectivity index (χ2n) is 2.84. The molecule has 0 unspecified atom stereocenters. The highest BCUT2D eigenvalue weighted by molar-refractivity contribution is 5.33. The average Bonchev–Trinajstić information content (AvgIpc) is 2.29. The quantitative estimate of drug-likeness (QED) is 0.456. The molecule has 78 valence electrons. The van der Waals surface area contributed by atoms with Gasteiger partial charge in [0.25, 0.3) is 0 Å². The number of aliphatic hydroxyl groups excluding tert-OH is 1. The van der Waals surface area contributed by atoms with Gasteiger partial charge in [-0.25, -0.2) is 0 Å². The van der Waals surface area contributed by atoms with Crippen LogP contribution in [0, 0.1) is 11.8 Å². The maximum absolute atomic E-state index is 8.45. The minimum atomic E-state index is 0.0546. The summed E-state index contributed by atoms with van der Waals surface area (Å²) in [7, 11) is 0.